The fourth-order valence-corrected chi connectivity index (χ4v) is 3.69. The second-order valence-corrected chi connectivity index (χ2v) is 7.45. The van der Waals surface area contributed by atoms with Crippen LogP contribution in [0.3, 0.4) is 0 Å². The predicted molar refractivity (Wildman–Crippen MR) is 118 cm³/mol. The molecule has 0 amide bonds. The minimum atomic E-state index is -0.913. The van der Waals surface area contributed by atoms with Gasteiger partial charge >= 0.3 is 0 Å². The average Bonchev–Trinajstić information content (AvgIpc) is 2.85. The van der Waals surface area contributed by atoms with E-state index in [-0.39, 0.29) is 0 Å². The van der Waals surface area contributed by atoms with Crippen LogP contribution < -0.4 is 9.47 Å². The summed E-state index contributed by atoms with van der Waals surface area (Å²) in [6.45, 7) is 6.61. The summed E-state index contributed by atoms with van der Waals surface area (Å²) in [5, 5.41) is 10.9. The van der Waals surface area contributed by atoms with E-state index in [1.165, 1.54) is 0 Å². The molecule has 0 spiro atoms. The molecule has 1 aliphatic rings. The molecule has 5 heteroatoms. The number of hydrogen-bond acceptors (Lipinski definition) is 5. The van der Waals surface area contributed by atoms with Crippen LogP contribution in [-0.4, -0.2) is 43.3 Å². The van der Waals surface area contributed by atoms with Crippen molar-refractivity contribution in [3.05, 3.63) is 58.9 Å². The minimum absolute atomic E-state index is 0.646. The summed E-state index contributed by atoms with van der Waals surface area (Å²) < 4.78 is 11.4. The Bertz CT molecular complexity index is 857. The van der Waals surface area contributed by atoms with E-state index in [0.29, 0.717) is 6.42 Å². The molecule has 0 bridgehead atoms. The van der Waals surface area contributed by atoms with Crippen molar-refractivity contribution < 1.29 is 14.6 Å². The summed E-state index contributed by atoms with van der Waals surface area (Å²) >= 11 is 0. The van der Waals surface area contributed by atoms with Gasteiger partial charge in [0.05, 0.1) is 19.8 Å². The molecule has 1 unspecified atom stereocenters. The monoisotopic (exact) mass is 398 g/mol. The Morgan fingerprint density at radius 2 is 1.79 bits per heavy atom. The Morgan fingerprint density at radius 1 is 1.10 bits per heavy atom. The first-order valence-corrected chi connectivity index (χ1v) is 10.1. The molecule has 1 N–H and O–H groups in total. The van der Waals surface area contributed by atoms with Crippen LogP contribution in [0.15, 0.2) is 36.7 Å². The number of aliphatic hydroxyl groups is 1. The van der Waals surface area contributed by atoms with Crippen molar-refractivity contribution in [3.63, 3.8) is 0 Å². The minimum Gasteiger partial charge on any atom is -0.496 e. The fraction of sp³-hybridized carbons (Fsp3) is 0.458. The Morgan fingerprint density at radius 3 is 2.41 bits per heavy atom. The maximum atomic E-state index is 10.9. The van der Waals surface area contributed by atoms with Gasteiger partial charge in [0.25, 0.3) is 0 Å². The molecule has 1 aliphatic carbocycles. The van der Waals surface area contributed by atoms with Crippen LogP contribution in [-0.2, 0) is 12.1 Å². The normalized spacial score (nSPS) is 18.2. The molecule has 0 radical (unpaired) electrons. The highest BCUT2D eigenvalue weighted by Crippen LogP contribution is 2.42. The van der Waals surface area contributed by atoms with Gasteiger partial charge in [-0.3, -0.25) is 4.98 Å². The van der Waals surface area contributed by atoms with Crippen molar-refractivity contribution in [2.45, 2.75) is 45.8 Å². The molecule has 1 atom stereocenters. The van der Waals surface area contributed by atoms with E-state index in [1.54, 1.807) is 26.6 Å². The first kappa shape index (κ1) is 22.9. The Labute approximate surface area is 175 Å². The van der Waals surface area contributed by atoms with Crippen molar-refractivity contribution >= 4 is 5.57 Å². The van der Waals surface area contributed by atoms with Crippen molar-refractivity contribution in [2.24, 2.45) is 0 Å². The van der Waals surface area contributed by atoms with E-state index in [9.17, 15) is 5.11 Å². The van der Waals surface area contributed by atoms with Gasteiger partial charge in [-0.2, -0.15) is 0 Å². The molecule has 2 aromatic rings. The van der Waals surface area contributed by atoms with Gasteiger partial charge in [0.1, 0.15) is 11.5 Å². The van der Waals surface area contributed by atoms with E-state index in [4.69, 9.17) is 9.47 Å². The molecule has 0 fully saturated rings. The molecule has 3 rings (SSSR count). The third-order valence-electron chi connectivity index (χ3n) is 5.05. The second-order valence-electron chi connectivity index (χ2n) is 7.45. The van der Waals surface area contributed by atoms with Crippen molar-refractivity contribution in [1.29, 1.82) is 0 Å². The molecule has 5 nitrogen and oxygen atoms in total. The number of fused-ring (bicyclic) bond motifs is 1. The van der Waals surface area contributed by atoms with E-state index in [0.717, 1.165) is 52.3 Å². The highest BCUT2D eigenvalue weighted by molar-refractivity contribution is 5.85. The average molecular weight is 399 g/mol. The van der Waals surface area contributed by atoms with Crippen molar-refractivity contribution in [3.8, 4) is 11.5 Å². The number of pyridine rings is 1. The summed E-state index contributed by atoms with van der Waals surface area (Å²) in [5.74, 6) is 1.62. The molecule has 1 heterocycles. The lowest BCUT2D eigenvalue weighted by Crippen LogP contribution is -2.21. The summed E-state index contributed by atoms with van der Waals surface area (Å²) in [4.78, 5) is 6.34. The van der Waals surface area contributed by atoms with Gasteiger partial charge in [-0.05, 0) is 63.2 Å². The van der Waals surface area contributed by atoms with E-state index < -0.39 is 5.60 Å². The molecule has 0 saturated heterocycles. The lowest BCUT2D eigenvalue weighted by molar-refractivity contribution is 0.0489. The predicted octanol–water partition coefficient (Wildman–Crippen LogP) is 4.62. The third-order valence-corrected chi connectivity index (χ3v) is 5.05. The quantitative estimate of drug-likeness (QED) is 0.796. The standard InChI is InChI=1S/C22H28N2O3.C2H6/c1-22(25)9-6-7-16(17-8-10-23-13-19(17)22)18-12-20(26-4)15(14-24(2)3)11-21(18)27-5;1-2/h7-8,10-13,25H,6,9,14H2,1-5H3;1-2H3. The molecule has 1 aromatic heterocycles. The van der Waals surface area contributed by atoms with Crippen LogP contribution in [0, 0.1) is 0 Å². The van der Waals surface area contributed by atoms with Crippen LogP contribution in [0.1, 0.15) is 55.9 Å². The molecule has 1 aromatic carbocycles. The van der Waals surface area contributed by atoms with Gasteiger partial charge in [-0.1, -0.05) is 19.9 Å². The Hall–Kier alpha value is -2.37. The number of methoxy groups -OCH3 is 2. The Kier molecular flexibility index (Phi) is 7.82. The number of allylic oxidation sites excluding steroid dienone is 1. The molecular formula is C24H34N2O3. The summed E-state index contributed by atoms with van der Waals surface area (Å²) in [5.41, 5.74) is 3.97. The van der Waals surface area contributed by atoms with Gasteiger partial charge in [-0.25, -0.2) is 0 Å². The maximum Gasteiger partial charge on any atom is 0.127 e. The van der Waals surface area contributed by atoms with Gasteiger partial charge in [-0.15, -0.1) is 0 Å². The lowest BCUT2D eigenvalue weighted by Gasteiger charge is -2.24. The maximum absolute atomic E-state index is 10.9. The van der Waals surface area contributed by atoms with E-state index in [1.807, 2.05) is 53.1 Å². The van der Waals surface area contributed by atoms with Crippen molar-refractivity contribution in [2.75, 3.05) is 28.3 Å². The zero-order chi connectivity index (χ0) is 21.6. The highest BCUT2D eigenvalue weighted by atomic mass is 16.5. The highest BCUT2D eigenvalue weighted by Gasteiger charge is 2.30. The van der Waals surface area contributed by atoms with Gasteiger partial charge < -0.3 is 19.5 Å². The number of rotatable bonds is 5. The molecule has 0 aliphatic heterocycles. The summed E-state index contributed by atoms with van der Waals surface area (Å²) in [6, 6.07) is 6.03. The second kappa shape index (κ2) is 9.90. The first-order valence-electron chi connectivity index (χ1n) is 10.1. The van der Waals surface area contributed by atoms with Gasteiger partial charge in [0.2, 0.25) is 0 Å². The lowest BCUT2D eigenvalue weighted by atomic mass is 9.88. The number of benzene rings is 1. The zero-order valence-electron chi connectivity index (χ0n) is 18.7. The van der Waals surface area contributed by atoms with E-state index in [2.05, 4.69) is 16.0 Å². The number of nitrogens with zero attached hydrogens (tertiary/aromatic N) is 2. The zero-order valence-corrected chi connectivity index (χ0v) is 18.7. The largest absolute Gasteiger partial charge is 0.496 e. The first-order chi connectivity index (χ1) is 13.9. The summed E-state index contributed by atoms with van der Waals surface area (Å²) in [7, 11) is 7.43. The molecular weight excluding hydrogens is 364 g/mol. The molecule has 29 heavy (non-hydrogen) atoms. The summed E-state index contributed by atoms with van der Waals surface area (Å²) in [6.07, 6.45) is 7.11. The van der Waals surface area contributed by atoms with Gasteiger partial charge in [0, 0.05) is 35.6 Å². The topological polar surface area (TPSA) is 54.8 Å². The van der Waals surface area contributed by atoms with E-state index >= 15 is 0 Å². The van der Waals surface area contributed by atoms with Crippen LogP contribution in [0.25, 0.3) is 5.57 Å². The smallest absolute Gasteiger partial charge is 0.127 e. The van der Waals surface area contributed by atoms with Crippen molar-refractivity contribution in [1.82, 2.24) is 9.88 Å². The van der Waals surface area contributed by atoms with Crippen LogP contribution >= 0.6 is 0 Å². The van der Waals surface area contributed by atoms with Gasteiger partial charge in [0.15, 0.2) is 0 Å². The van der Waals surface area contributed by atoms with Crippen LogP contribution in [0.4, 0.5) is 0 Å². The number of hydrogen-bond donors (Lipinski definition) is 1. The Balaban J connectivity index is 0.00000145. The number of aromatic nitrogens is 1. The van der Waals surface area contributed by atoms with Crippen LogP contribution in [0.2, 0.25) is 0 Å². The number of ether oxygens (including phenoxy) is 2. The fourth-order valence-electron chi connectivity index (χ4n) is 3.69. The SMILES string of the molecule is CC.COc1cc(C2=CCCC(C)(O)c3cnccc32)c(OC)cc1CN(C)C. The molecule has 158 valence electrons. The third kappa shape index (κ3) is 4.98. The van der Waals surface area contributed by atoms with Crippen LogP contribution in [0.5, 0.6) is 11.5 Å². The molecule has 0 saturated carbocycles.